The minimum absolute atomic E-state index is 0.00197. The van der Waals surface area contributed by atoms with E-state index in [0.717, 1.165) is 5.56 Å². The molecule has 1 aromatic carbocycles. The first-order valence-electron chi connectivity index (χ1n) is 5.98. The van der Waals surface area contributed by atoms with Gasteiger partial charge in [0.25, 0.3) is 0 Å². The smallest absolute Gasteiger partial charge is 0.434 e. The number of hydrogen-bond donors (Lipinski definition) is 0. The number of halogens is 3. The zero-order chi connectivity index (χ0) is 14.9. The second kappa shape index (κ2) is 5.11. The van der Waals surface area contributed by atoms with Crippen molar-refractivity contribution < 1.29 is 22.7 Å². The van der Waals surface area contributed by atoms with Crippen molar-refractivity contribution in [3.8, 4) is 0 Å². The van der Waals surface area contributed by atoms with Gasteiger partial charge < -0.3 is 4.74 Å². The molecule has 1 aromatic heterocycles. The van der Waals surface area contributed by atoms with Crippen LogP contribution in [0.4, 0.5) is 13.2 Å². The summed E-state index contributed by atoms with van der Waals surface area (Å²) in [5, 5.41) is 0.473. The average Bonchev–Trinajstić information content (AvgIpc) is 2.36. The first kappa shape index (κ1) is 14.3. The fourth-order valence-electron chi connectivity index (χ4n) is 1.88. The molecule has 0 bridgehead atoms. The number of aromatic nitrogens is 1. The normalized spacial score (nSPS) is 11.7. The maximum atomic E-state index is 13.0. The fraction of sp³-hybridized carbons (Fsp3) is 0.286. The third kappa shape index (κ3) is 2.74. The highest BCUT2D eigenvalue weighted by atomic mass is 19.4. The Morgan fingerprint density at radius 1 is 1.30 bits per heavy atom. The molecule has 0 saturated carbocycles. The van der Waals surface area contributed by atoms with Gasteiger partial charge in [0.15, 0.2) is 5.69 Å². The molecule has 1 heterocycles. The van der Waals surface area contributed by atoms with Crippen molar-refractivity contribution in [1.82, 2.24) is 4.98 Å². The van der Waals surface area contributed by atoms with Crippen molar-refractivity contribution in [3.63, 3.8) is 0 Å². The molecule has 0 aliphatic heterocycles. The molecular weight excluding hydrogens is 271 g/mol. The van der Waals surface area contributed by atoms with Crippen LogP contribution >= 0.6 is 0 Å². The lowest BCUT2D eigenvalue weighted by atomic mass is 10.1. The van der Waals surface area contributed by atoms with Gasteiger partial charge in [-0.25, -0.2) is 9.78 Å². The van der Waals surface area contributed by atoms with Crippen molar-refractivity contribution in [2.45, 2.75) is 20.0 Å². The van der Waals surface area contributed by atoms with E-state index in [-0.39, 0.29) is 12.1 Å². The molecule has 0 aliphatic rings. The maximum absolute atomic E-state index is 13.0. The van der Waals surface area contributed by atoms with E-state index in [9.17, 15) is 18.0 Å². The first-order valence-corrected chi connectivity index (χ1v) is 5.98. The third-order valence-electron chi connectivity index (χ3n) is 2.73. The van der Waals surface area contributed by atoms with Gasteiger partial charge in [0, 0.05) is 5.39 Å². The van der Waals surface area contributed by atoms with E-state index in [0.29, 0.717) is 5.39 Å². The van der Waals surface area contributed by atoms with E-state index in [2.05, 4.69) is 9.72 Å². The molecule has 3 nitrogen and oxygen atoms in total. The van der Waals surface area contributed by atoms with Gasteiger partial charge in [0.1, 0.15) is 0 Å². The second-order valence-corrected chi connectivity index (χ2v) is 4.30. The Kier molecular flexibility index (Phi) is 3.65. The molecule has 0 aliphatic carbocycles. The number of carbonyl (C=O) groups is 1. The van der Waals surface area contributed by atoms with Gasteiger partial charge in [-0.15, -0.1) is 0 Å². The quantitative estimate of drug-likeness (QED) is 0.788. The molecular formula is C14H12F3NO2. The van der Waals surface area contributed by atoms with Crippen LogP contribution in [-0.4, -0.2) is 17.6 Å². The van der Waals surface area contributed by atoms with Gasteiger partial charge in [-0.05, 0) is 32.0 Å². The first-order chi connectivity index (χ1) is 9.32. The predicted molar refractivity (Wildman–Crippen MR) is 67.4 cm³/mol. The summed E-state index contributed by atoms with van der Waals surface area (Å²) in [6.07, 6.45) is -4.71. The van der Waals surface area contributed by atoms with Crippen LogP contribution in [0.1, 0.15) is 28.5 Å². The predicted octanol–water partition coefficient (Wildman–Crippen LogP) is 3.74. The van der Waals surface area contributed by atoms with E-state index in [1.807, 2.05) is 0 Å². The highest BCUT2D eigenvalue weighted by molar-refractivity contribution is 5.95. The zero-order valence-corrected chi connectivity index (χ0v) is 10.9. The van der Waals surface area contributed by atoms with Crippen LogP contribution in [0, 0.1) is 6.92 Å². The van der Waals surface area contributed by atoms with Crippen molar-refractivity contribution >= 4 is 16.9 Å². The molecule has 20 heavy (non-hydrogen) atoms. The number of benzene rings is 1. The minimum atomic E-state index is -4.71. The van der Waals surface area contributed by atoms with Crippen molar-refractivity contribution in [3.05, 3.63) is 41.1 Å². The zero-order valence-electron chi connectivity index (χ0n) is 10.9. The number of pyridine rings is 1. The van der Waals surface area contributed by atoms with Gasteiger partial charge in [-0.3, -0.25) is 0 Å². The molecule has 0 spiro atoms. The van der Waals surface area contributed by atoms with Gasteiger partial charge in [-0.1, -0.05) is 11.6 Å². The van der Waals surface area contributed by atoms with Crippen LogP contribution in [0.15, 0.2) is 24.3 Å². The summed E-state index contributed by atoms with van der Waals surface area (Å²) in [6.45, 7) is 3.34. The molecule has 6 heteroatoms. The van der Waals surface area contributed by atoms with Crippen LogP contribution in [-0.2, 0) is 10.9 Å². The second-order valence-electron chi connectivity index (χ2n) is 4.30. The van der Waals surface area contributed by atoms with E-state index in [4.69, 9.17) is 0 Å². The average molecular weight is 283 g/mol. The Morgan fingerprint density at radius 2 is 2.00 bits per heavy atom. The van der Waals surface area contributed by atoms with Crippen LogP contribution in [0.25, 0.3) is 10.9 Å². The Hall–Kier alpha value is -2.11. The van der Waals surface area contributed by atoms with E-state index < -0.39 is 23.4 Å². The number of carbonyl (C=O) groups excluding carboxylic acids is 1. The Balaban J connectivity index is 2.70. The molecule has 0 radical (unpaired) electrons. The number of aryl methyl sites for hydroxylation is 1. The molecule has 0 atom stereocenters. The number of nitrogens with zero attached hydrogens (tertiary/aromatic N) is 1. The highest BCUT2D eigenvalue weighted by Gasteiger charge is 2.38. The maximum Gasteiger partial charge on any atom is 0.434 e. The monoisotopic (exact) mass is 283 g/mol. The summed E-state index contributed by atoms with van der Waals surface area (Å²) in [4.78, 5) is 15.2. The lowest BCUT2D eigenvalue weighted by molar-refractivity contribution is -0.141. The summed E-state index contributed by atoms with van der Waals surface area (Å²) in [7, 11) is 0. The fourth-order valence-corrected chi connectivity index (χ4v) is 1.88. The van der Waals surface area contributed by atoms with Crippen LogP contribution in [0.3, 0.4) is 0 Å². The summed E-state index contributed by atoms with van der Waals surface area (Å²) in [5.74, 6) is -1.02. The molecule has 2 rings (SSSR count). The third-order valence-corrected chi connectivity index (χ3v) is 2.73. The Labute approximate surface area is 113 Å². The molecule has 0 saturated heterocycles. The summed E-state index contributed by atoms with van der Waals surface area (Å²) in [6, 6.07) is 6.01. The minimum Gasteiger partial charge on any atom is -0.462 e. The van der Waals surface area contributed by atoms with E-state index >= 15 is 0 Å². The van der Waals surface area contributed by atoms with Crippen LogP contribution in [0.5, 0.6) is 0 Å². The standard InChI is InChI=1S/C14H12F3NO2/c1-3-20-13(19)10-7-9-6-8(2)4-5-11(9)18-12(10)14(15,16)17/h4-7H,3H2,1-2H3. The van der Waals surface area contributed by atoms with Gasteiger partial charge in [0.05, 0.1) is 17.7 Å². The van der Waals surface area contributed by atoms with Gasteiger partial charge in [0.2, 0.25) is 0 Å². The van der Waals surface area contributed by atoms with Crippen molar-refractivity contribution in [2.75, 3.05) is 6.61 Å². The lowest BCUT2D eigenvalue weighted by Gasteiger charge is -2.12. The Morgan fingerprint density at radius 3 is 2.60 bits per heavy atom. The SMILES string of the molecule is CCOC(=O)c1cc2cc(C)ccc2nc1C(F)(F)F. The van der Waals surface area contributed by atoms with Gasteiger partial charge in [-0.2, -0.15) is 13.2 Å². The lowest BCUT2D eigenvalue weighted by Crippen LogP contribution is -2.17. The summed E-state index contributed by atoms with van der Waals surface area (Å²) < 4.78 is 43.6. The van der Waals surface area contributed by atoms with Crippen LogP contribution in [0.2, 0.25) is 0 Å². The van der Waals surface area contributed by atoms with E-state index in [1.165, 1.54) is 19.1 Å². The molecule has 0 unspecified atom stereocenters. The molecule has 2 aromatic rings. The highest BCUT2D eigenvalue weighted by Crippen LogP contribution is 2.32. The largest absolute Gasteiger partial charge is 0.462 e. The molecule has 106 valence electrons. The van der Waals surface area contributed by atoms with Crippen molar-refractivity contribution in [1.29, 1.82) is 0 Å². The topological polar surface area (TPSA) is 39.2 Å². The molecule has 0 N–H and O–H groups in total. The Bertz CT molecular complexity index is 665. The number of alkyl halides is 3. The summed E-state index contributed by atoms with van der Waals surface area (Å²) in [5.41, 5.74) is -0.713. The number of esters is 1. The number of fused-ring (bicyclic) bond motifs is 1. The van der Waals surface area contributed by atoms with E-state index in [1.54, 1.807) is 19.1 Å². The summed E-state index contributed by atoms with van der Waals surface area (Å²) >= 11 is 0. The van der Waals surface area contributed by atoms with Crippen molar-refractivity contribution in [2.24, 2.45) is 0 Å². The molecule has 0 fully saturated rings. The van der Waals surface area contributed by atoms with Crippen LogP contribution < -0.4 is 0 Å². The number of hydrogen-bond acceptors (Lipinski definition) is 3. The molecule has 0 amide bonds. The van der Waals surface area contributed by atoms with Gasteiger partial charge >= 0.3 is 12.1 Å². The number of rotatable bonds is 2. The number of ether oxygens (including phenoxy) is 1.